The summed E-state index contributed by atoms with van der Waals surface area (Å²) in [7, 11) is -4.70. The van der Waals surface area contributed by atoms with Crippen molar-refractivity contribution in [2.75, 3.05) is 5.01 Å². The highest BCUT2D eigenvalue weighted by Gasteiger charge is 2.26. The van der Waals surface area contributed by atoms with E-state index in [1.54, 1.807) is 5.01 Å². The number of rotatable bonds is 6. The van der Waals surface area contributed by atoms with Gasteiger partial charge < -0.3 is 0 Å². The summed E-state index contributed by atoms with van der Waals surface area (Å²) in [5.74, 6) is -4.03. The Morgan fingerprint density at radius 2 is 1.25 bits per heavy atom. The highest BCUT2D eigenvalue weighted by atomic mass is 32.2. The number of nitrogens with one attached hydrogen (secondary N) is 1. The average Bonchev–Trinajstić information content (AvgIpc) is 2.73. The maximum atomic E-state index is 12.6. The first kappa shape index (κ1) is 19.5. The van der Waals surface area contributed by atoms with Crippen molar-refractivity contribution in [2.45, 2.75) is 10.7 Å². The van der Waals surface area contributed by atoms with Crippen LogP contribution in [0.3, 0.4) is 0 Å². The molecule has 0 aliphatic carbocycles. The van der Waals surface area contributed by atoms with E-state index in [0.717, 1.165) is 12.1 Å². The second-order valence-electron chi connectivity index (χ2n) is 5.78. The lowest BCUT2D eigenvalue weighted by Gasteiger charge is -2.25. The first-order valence-corrected chi connectivity index (χ1v) is 9.77. The molecule has 28 heavy (non-hydrogen) atoms. The number of halogens is 2. The van der Waals surface area contributed by atoms with Crippen LogP contribution in [-0.4, -0.2) is 20.1 Å². The van der Waals surface area contributed by atoms with E-state index >= 15 is 0 Å². The van der Waals surface area contributed by atoms with Gasteiger partial charge in [-0.3, -0.25) is 15.2 Å². The maximum absolute atomic E-state index is 12.6. The number of hydrogen-bond donors (Lipinski definition) is 1. The zero-order chi connectivity index (χ0) is 20.1. The van der Waals surface area contributed by atoms with E-state index in [1.165, 1.54) is 12.1 Å². The number of sulfone groups is 1. The molecule has 1 N–H and O–H groups in total. The molecule has 0 fully saturated rings. The molecule has 3 aromatic carbocycles. The molecule has 0 saturated carbocycles. The van der Waals surface area contributed by atoms with Crippen LogP contribution in [-0.2, 0) is 9.84 Å². The van der Waals surface area contributed by atoms with Crippen LogP contribution in [0.1, 0.15) is 10.4 Å². The molecule has 3 rings (SSSR count). The van der Waals surface area contributed by atoms with E-state index in [4.69, 9.17) is 0 Å². The third-order valence-electron chi connectivity index (χ3n) is 3.92. The van der Waals surface area contributed by atoms with E-state index in [9.17, 15) is 22.0 Å². The molecular formula is C20H16F2N2O3S. The molecule has 144 valence electrons. The Labute approximate surface area is 161 Å². The summed E-state index contributed by atoms with van der Waals surface area (Å²) in [6, 6.07) is 22.6. The van der Waals surface area contributed by atoms with Gasteiger partial charge in [-0.1, -0.05) is 36.4 Å². The summed E-state index contributed by atoms with van der Waals surface area (Å²) in [5.41, 5.74) is 4.29. The molecule has 0 heterocycles. The van der Waals surface area contributed by atoms with Crippen molar-refractivity contribution in [2.24, 2.45) is 0 Å². The zero-order valence-corrected chi connectivity index (χ0v) is 15.3. The van der Waals surface area contributed by atoms with E-state index in [1.807, 2.05) is 60.7 Å². The topological polar surface area (TPSA) is 66.5 Å². The second kappa shape index (κ2) is 8.18. The molecule has 3 aromatic rings. The number of para-hydroxylation sites is 2. The lowest BCUT2D eigenvalue weighted by Crippen LogP contribution is -2.38. The standard InChI is InChI=1S/C20H16F2N2O3S/c21-20(22)28(26,27)18-13-11-15(12-14-18)19(25)23-24(16-7-3-1-4-8-16)17-9-5-2-6-10-17/h1-14,20H,(H,23,25). The van der Waals surface area contributed by atoms with Crippen molar-refractivity contribution in [3.63, 3.8) is 0 Å². The molecule has 0 radical (unpaired) electrons. The van der Waals surface area contributed by atoms with Gasteiger partial charge >= 0.3 is 5.76 Å². The third kappa shape index (κ3) is 4.17. The molecule has 0 spiro atoms. The number of anilines is 2. The molecular weight excluding hydrogens is 386 g/mol. The normalized spacial score (nSPS) is 11.2. The van der Waals surface area contributed by atoms with E-state index in [2.05, 4.69) is 5.43 Å². The Balaban J connectivity index is 1.87. The van der Waals surface area contributed by atoms with Crippen LogP contribution < -0.4 is 10.4 Å². The molecule has 1 amide bonds. The van der Waals surface area contributed by atoms with Gasteiger partial charge in [0.2, 0.25) is 9.84 Å². The summed E-state index contributed by atoms with van der Waals surface area (Å²) < 4.78 is 48.3. The second-order valence-corrected chi connectivity index (χ2v) is 7.70. The Hall–Kier alpha value is -3.26. The molecule has 8 heteroatoms. The lowest BCUT2D eigenvalue weighted by molar-refractivity contribution is 0.0953. The third-order valence-corrected chi connectivity index (χ3v) is 5.32. The Bertz CT molecular complexity index is 1000. The Kier molecular flexibility index (Phi) is 5.70. The number of carbonyl (C=O) groups excluding carboxylic acids is 1. The largest absolute Gasteiger partial charge is 0.341 e. The fourth-order valence-corrected chi connectivity index (χ4v) is 3.22. The Morgan fingerprint density at radius 3 is 1.68 bits per heavy atom. The number of hydrogen-bond acceptors (Lipinski definition) is 4. The minimum Gasteiger partial charge on any atom is -0.267 e. The highest BCUT2D eigenvalue weighted by Crippen LogP contribution is 2.23. The fraction of sp³-hybridized carbons (Fsp3) is 0.0500. The number of amides is 1. The monoisotopic (exact) mass is 402 g/mol. The van der Waals surface area contributed by atoms with Gasteiger partial charge in [-0.2, -0.15) is 8.78 Å². The van der Waals surface area contributed by atoms with Crippen molar-refractivity contribution < 1.29 is 22.0 Å². The minimum absolute atomic E-state index is 0.130. The van der Waals surface area contributed by atoms with Crippen molar-refractivity contribution in [1.29, 1.82) is 0 Å². The van der Waals surface area contributed by atoms with Crippen molar-refractivity contribution in [3.8, 4) is 0 Å². The molecule has 0 aliphatic rings. The van der Waals surface area contributed by atoms with Gasteiger partial charge in [0.25, 0.3) is 5.91 Å². The van der Waals surface area contributed by atoms with Gasteiger partial charge in [0.15, 0.2) is 0 Å². The first-order chi connectivity index (χ1) is 13.4. The Morgan fingerprint density at radius 1 is 0.786 bits per heavy atom. The molecule has 0 unspecified atom stereocenters. The van der Waals surface area contributed by atoms with E-state index in [0.29, 0.717) is 11.4 Å². The van der Waals surface area contributed by atoms with Crippen LogP contribution in [0.5, 0.6) is 0 Å². The van der Waals surface area contributed by atoms with Crippen LogP contribution in [0.15, 0.2) is 89.8 Å². The molecule has 0 aliphatic heterocycles. The van der Waals surface area contributed by atoms with Gasteiger partial charge in [-0.15, -0.1) is 0 Å². The van der Waals surface area contributed by atoms with Gasteiger partial charge in [-0.05, 0) is 48.5 Å². The maximum Gasteiger partial charge on any atom is 0.341 e. The number of nitrogens with zero attached hydrogens (tertiary/aromatic N) is 1. The van der Waals surface area contributed by atoms with Crippen molar-refractivity contribution in [1.82, 2.24) is 5.43 Å². The van der Waals surface area contributed by atoms with Crippen LogP contribution in [0, 0.1) is 0 Å². The summed E-state index contributed by atoms with van der Waals surface area (Å²) in [6.45, 7) is 0. The number of alkyl halides is 2. The molecule has 5 nitrogen and oxygen atoms in total. The van der Waals surface area contributed by atoms with Crippen molar-refractivity contribution >= 4 is 27.1 Å². The van der Waals surface area contributed by atoms with E-state index < -0.39 is 26.4 Å². The summed E-state index contributed by atoms with van der Waals surface area (Å²) in [6.07, 6.45) is 0. The van der Waals surface area contributed by atoms with Gasteiger partial charge in [0, 0.05) is 5.56 Å². The van der Waals surface area contributed by atoms with Crippen LogP contribution in [0.4, 0.5) is 20.2 Å². The number of hydrazine groups is 1. The predicted molar refractivity (Wildman–Crippen MR) is 102 cm³/mol. The summed E-state index contributed by atoms with van der Waals surface area (Å²) >= 11 is 0. The fourth-order valence-electron chi connectivity index (χ4n) is 2.50. The average molecular weight is 402 g/mol. The number of carbonyl (C=O) groups is 1. The van der Waals surface area contributed by atoms with Crippen LogP contribution in [0.25, 0.3) is 0 Å². The molecule has 0 bridgehead atoms. The van der Waals surface area contributed by atoms with E-state index in [-0.39, 0.29) is 5.56 Å². The molecule has 0 atom stereocenters. The zero-order valence-electron chi connectivity index (χ0n) is 14.5. The summed E-state index contributed by atoms with van der Waals surface area (Å²) in [4.78, 5) is 12.1. The number of benzene rings is 3. The lowest BCUT2D eigenvalue weighted by atomic mass is 10.2. The smallest absolute Gasteiger partial charge is 0.267 e. The quantitative estimate of drug-likeness (QED) is 0.629. The van der Waals surface area contributed by atoms with Crippen LogP contribution >= 0.6 is 0 Å². The van der Waals surface area contributed by atoms with Crippen molar-refractivity contribution in [3.05, 3.63) is 90.5 Å². The minimum atomic E-state index is -4.70. The molecule has 0 aromatic heterocycles. The SMILES string of the molecule is O=C(NN(c1ccccc1)c1ccccc1)c1ccc(S(=O)(=O)C(F)F)cc1. The molecule has 0 saturated heterocycles. The summed E-state index contributed by atoms with van der Waals surface area (Å²) in [5, 5.41) is 1.58. The van der Waals surface area contributed by atoms with Crippen LogP contribution in [0.2, 0.25) is 0 Å². The first-order valence-electron chi connectivity index (χ1n) is 8.23. The van der Waals surface area contributed by atoms with Gasteiger partial charge in [0.05, 0.1) is 16.3 Å². The van der Waals surface area contributed by atoms with Gasteiger partial charge in [0.1, 0.15) is 0 Å². The highest BCUT2D eigenvalue weighted by molar-refractivity contribution is 7.91. The predicted octanol–water partition coefficient (Wildman–Crippen LogP) is 4.17. The van der Waals surface area contributed by atoms with Gasteiger partial charge in [-0.25, -0.2) is 8.42 Å².